The smallest absolute Gasteiger partial charge is 0.220 e. The maximum atomic E-state index is 11.5. The van der Waals surface area contributed by atoms with Gasteiger partial charge in [0, 0.05) is 25.1 Å². The van der Waals surface area contributed by atoms with Crippen LogP contribution in [0.5, 0.6) is 0 Å². The average Bonchev–Trinajstić information content (AvgIpc) is 3.07. The minimum Gasteiger partial charge on any atom is -0.375 e. The zero-order valence-electron chi connectivity index (χ0n) is 11.6. The molecular formula is C14H26N2O2. The fraction of sp³-hybridized carbons (Fsp3) is 0.929. The Balaban J connectivity index is 1.53. The van der Waals surface area contributed by atoms with Gasteiger partial charge in [0.05, 0.1) is 5.60 Å². The number of hydrogen-bond donors (Lipinski definition) is 2. The lowest BCUT2D eigenvalue weighted by Gasteiger charge is -2.36. The molecule has 1 amide bonds. The number of rotatable bonds is 6. The molecule has 0 aromatic rings. The van der Waals surface area contributed by atoms with E-state index in [0.717, 1.165) is 32.4 Å². The number of carbonyl (C=O) groups is 1. The van der Waals surface area contributed by atoms with Crippen LogP contribution in [0.15, 0.2) is 0 Å². The van der Waals surface area contributed by atoms with Crippen LogP contribution in [0.4, 0.5) is 0 Å². The summed E-state index contributed by atoms with van der Waals surface area (Å²) >= 11 is 0. The molecule has 18 heavy (non-hydrogen) atoms. The Morgan fingerprint density at radius 1 is 1.28 bits per heavy atom. The first kappa shape index (κ1) is 13.8. The Morgan fingerprint density at radius 3 is 2.72 bits per heavy atom. The van der Waals surface area contributed by atoms with Gasteiger partial charge in [0.15, 0.2) is 0 Å². The molecule has 0 aromatic heterocycles. The summed E-state index contributed by atoms with van der Waals surface area (Å²) in [5.41, 5.74) is -0.000729. The molecule has 4 heteroatoms. The van der Waals surface area contributed by atoms with Crippen LogP contribution in [0, 0.1) is 0 Å². The lowest BCUT2D eigenvalue weighted by Crippen LogP contribution is -2.44. The van der Waals surface area contributed by atoms with Gasteiger partial charge < -0.3 is 15.4 Å². The van der Waals surface area contributed by atoms with E-state index in [4.69, 9.17) is 4.74 Å². The Kier molecular flexibility index (Phi) is 4.62. The van der Waals surface area contributed by atoms with Gasteiger partial charge in [-0.05, 0) is 52.5 Å². The maximum Gasteiger partial charge on any atom is 0.220 e. The van der Waals surface area contributed by atoms with E-state index in [-0.39, 0.29) is 11.5 Å². The monoisotopic (exact) mass is 254 g/mol. The van der Waals surface area contributed by atoms with E-state index in [9.17, 15) is 4.79 Å². The topological polar surface area (TPSA) is 50.4 Å². The molecule has 0 radical (unpaired) electrons. The predicted molar refractivity (Wildman–Crippen MR) is 71.5 cm³/mol. The van der Waals surface area contributed by atoms with Crippen molar-refractivity contribution in [3.05, 3.63) is 0 Å². The minimum absolute atomic E-state index is 0.000729. The molecule has 2 rings (SSSR count). The van der Waals surface area contributed by atoms with Gasteiger partial charge in [-0.25, -0.2) is 0 Å². The second-order valence-corrected chi connectivity index (χ2v) is 6.20. The number of carbonyl (C=O) groups excluding carboxylic acids is 1. The summed E-state index contributed by atoms with van der Waals surface area (Å²) in [7, 11) is 0. The maximum absolute atomic E-state index is 11.5. The second kappa shape index (κ2) is 6.02. The molecule has 1 aliphatic carbocycles. The van der Waals surface area contributed by atoms with E-state index >= 15 is 0 Å². The Morgan fingerprint density at radius 2 is 2.06 bits per heavy atom. The Labute approximate surface area is 110 Å². The van der Waals surface area contributed by atoms with Crippen LogP contribution >= 0.6 is 0 Å². The fourth-order valence-corrected chi connectivity index (χ4v) is 2.49. The third kappa shape index (κ3) is 4.94. The summed E-state index contributed by atoms with van der Waals surface area (Å²) in [6.07, 6.45) is 6.05. The number of hydrogen-bond acceptors (Lipinski definition) is 3. The molecule has 1 atom stereocenters. The van der Waals surface area contributed by atoms with E-state index in [2.05, 4.69) is 24.5 Å². The van der Waals surface area contributed by atoms with E-state index in [1.807, 2.05) is 0 Å². The van der Waals surface area contributed by atoms with E-state index in [1.54, 1.807) is 0 Å². The summed E-state index contributed by atoms with van der Waals surface area (Å²) in [4.78, 5) is 11.5. The molecular weight excluding hydrogens is 228 g/mol. The van der Waals surface area contributed by atoms with Crippen LogP contribution < -0.4 is 10.6 Å². The summed E-state index contributed by atoms with van der Waals surface area (Å²) in [6, 6.07) is 1.03. The van der Waals surface area contributed by atoms with Gasteiger partial charge in [0.25, 0.3) is 0 Å². The molecule has 1 unspecified atom stereocenters. The second-order valence-electron chi connectivity index (χ2n) is 6.20. The first-order chi connectivity index (χ1) is 8.55. The first-order valence-corrected chi connectivity index (χ1v) is 7.22. The van der Waals surface area contributed by atoms with Gasteiger partial charge in [0.2, 0.25) is 5.91 Å². The summed E-state index contributed by atoms with van der Waals surface area (Å²) in [6.45, 7) is 6.06. The van der Waals surface area contributed by atoms with Crippen molar-refractivity contribution in [3.8, 4) is 0 Å². The summed E-state index contributed by atoms with van der Waals surface area (Å²) in [5.74, 6) is 0.214. The normalized spacial score (nSPS) is 26.9. The van der Waals surface area contributed by atoms with E-state index in [1.165, 1.54) is 12.8 Å². The van der Waals surface area contributed by atoms with Gasteiger partial charge in [-0.2, -0.15) is 0 Å². The highest BCUT2D eigenvalue weighted by Gasteiger charge is 2.28. The first-order valence-electron chi connectivity index (χ1n) is 7.22. The van der Waals surface area contributed by atoms with Crippen molar-refractivity contribution in [2.45, 2.75) is 70.1 Å². The zero-order chi connectivity index (χ0) is 13.0. The van der Waals surface area contributed by atoms with Crippen LogP contribution in [-0.2, 0) is 9.53 Å². The molecule has 0 spiro atoms. The summed E-state index contributed by atoms with van der Waals surface area (Å²) < 4.78 is 5.69. The van der Waals surface area contributed by atoms with Crippen molar-refractivity contribution in [2.75, 3.05) is 13.2 Å². The number of amides is 1. The molecule has 2 fully saturated rings. The molecule has 2 N–H and O–H groups in total. The van der Waals surface area contributed by atoms with Crippen LogP contribution in [0.2, 0.25) is 0 Å². The van der Waals surface area contributed by atoms with Gasteiger partial charge in [-0.15, -0.1) is 0 Å². The third-order valence-corrected chi connectivity index (χ3v) is 3.65. The van der Waals surface area contributed by atoms with Crippen LogP contribution in [0.25, 0.3) is 0 Å². The quantitative estimate of drug-likeness (QED) is 0.708. The molecule has 0 aromatic carbocycles. The lowest BCUT2D eigenvalue weighted by atomic mass is 9.94. The molecule has 2 aliphatic rings. The van der Waals surface area contributed by atoms with Crippen molar-refractivity contribution >= 4 is 5.91 Å². The average molecular weight is 254 g/mol. The Hall–Kier alpha value is -0.610. The van der Waals surface area contributed by atoms with Gasteiger partial charge >= 0.3 is 0 Å². The van der Waals surface area contributed by atoms with Crippen molar-refractivity contribution in [1.82, 2.24) is 10.6 Å². The van der Waals surface area contributed by atoms with E-state index in [0.29, 0.717) is 18.5 Å². The molecule has 4 nitrogen and oxygen atoms in total. The lowest BCUT2D eigenvalue weighted by molar-refractivity contribution is -0.121. The number of nitrogens with one attached hydrogen (secondary N) is 2. The van der Waals surface area contributed by atoms with Gasteiger partial charge in [-0.1, -0.05) is 0 Å². The fourth-order valence-electron chi connectivity index (χ4n) is 2.49. The largest absolute Gasteiger partial charge is 0.375 e. The summed E-state index contributed by atoms with van der Waals surface area (Å²) in [5, 5.41) is 6.56. The third-order valence-electron chi connectivity index (χ3n) is 3.65. The molecule has 1 heterocycles. The van der Waals surface area contributed by atoms with Gasteiger partial charge in [0.1, 0.15) is 0 Å². The molecule has 1 saturated carbocycles. The highest BCUT2D eigenvalue weighted by Crippen LogP contribution is 2.23. The van der Waals surface area contributed by atoms with Crippen molar-refractivity contribution in [2.24, 2.45) is 0 Å². The van der Waals surface area contributed by atoms with Crippen LogP contribution in [0.1, 0.15) is 52.4 Å². The number of ether oxygens (including phenoxy) is 1. The molecule has 1 aliphatic heterocycles. The van der Waals surface area contributed by atoms with Crippen LogP contribution in [-0.4, -0.2) is 36.7 Å². The zero-order valence-corrected chi connectivity index (χ0v) is 11.6. The van der Waals surface area contributed by atoms with Crippen molar-refractivity contribution in [1.29, 1.82) is 0 Å². The predicted octanol–water partition coefficient (Wildman–Crippen LogP) is 1.59. The molecule has 104 valence electrons. The molecule has 1 saturated heterocycles. The highest BCUT2D eigenvalue weighted by molar-refractivity contribution is 5.76. The standard InChI is InChI=1S/C14H26N2O2/c1-14(2)10-12(7-9-18-14)15-8-3-4-13(17)16-11-5-6-11/h11-12,15H,3-10H2,1-2H3,(H,16,17). The molecule has 0 bridgehead atoms. The SMILES string of the molecule is CC1(C)CC(NCCCC(=O)NC2CC2)CCO1. The van der Waals surface area contributed by atoms with Gasteiger partial charge in [-0.3, -0.25) is 4.79 Å². The Bertz CT molecular complexity index is 288. The highest BCUT2D eigenvalue weighted by atomic mass is 16.5. The minimum atomic E-state index is -0.000729. The van der Waals surface area contributed by atoms with Crippen LogP contribution in [0.3, 0.4) is 0 Å². The van der Waals surface area contributed by atoms with Crippen molar-refractivity contribution in [3.63, 3.8) is 0 Å². The van der Waals surface area contributed by atoms with E-state index < -0.39 is 0 Å². The van der Waals surface area contributed by atoms with Crippen molar-refractivity contribution < 1.29 is 9.53 Å².